The van der Waals surface area contributed by atoms with Gasteiger partial charge in [-0.3, -0.25) is 0 Å². The summed E-state index contributed by atoms with van der Waals surface area (Å²) in [7, 11) is 0. The zero-order valence-electron chi connectivity index (χ0n) is 15.1. The molecule has 0 bridgehead atoms. The number of nitrogens with zero attached hydrogens (tertiary/aromatic N) is 3. The summed E-state index contributed by atoms with van der Waals surface area (Å²) in [6.45, 7) is 2.18. The molecule has 5 aromatic rings. The highest BCUT2D eigenvalue weighted by Crippen LogP contribution is 2.31. The van der Waals surface area contributed by atoms with Gasteiger partial charge >= 0.3 is 0 Å². The molecule has 5 rings (SSSR count). The molecule has 0 saturated heterocycles. The summed E-state index contributed by atoms with van der Waals surface area (Å²) in [6, 6.07) is 29.2. The van der Waals surface area contributed by atoms with Gasteiger partial charge in [0.15, 0.2) is 5.65 Å². The Balaban J connectivity index is 1.86. The number of aromatic nitrogens is 3. The summed E-state index contributed by atoms with van der Waals surface area (Å²) in [6.07, 6.45) is 1.02. The van der Waals surface area contributed by atoms with Gasteiger partial charge in [-0.05, 0) is 42.3 Å². The lowest BCUT2D eigenvalue weighted by atomic mass is 10.1. The predicted molar refractivity (Wildman–Crippen MR) is 111 cm³/mol. The molecule has 0 aliphatic carbocycles. The summed E-state index contributed by atoms with van der Waals surface area (Å²) in [4.78, 5) is 4.98. The second kappa shape index (κ2) is 6.36. The van der Waals surface area contributed by atoms with Crippen LogP contribution in [0.4, 0.5) is 0 Å². The van der Waals surface area contributed by atoms with E-state index >= 15 is 0 Å². The second-order valence-corrected chi connectivity index (χ2v) is 6.70. The van der Waals surface area contributed by atoms with Crippen molar-refractivity contribution in [1.82, 2.24) is 14.8 Å². The smallest absolute Gasteiger partial charge is 0.164 e. The van der Waals surface area contributed by atoms with Crippen LogP contribution in [0, 0.1) is 0 Å². The van der Waals surface area contributed by atoms with Crippen LogP contribution < -0.4 is 0 Å². The number of aryl methyl sites for hydroxylation is 1. The lowest BCUT2D eigenvalue weighted by Crippen LogP contribution is -1.97. The van der Waals surface area contributed by atoms with Gasteiger partial charge in [0.05, 0.1) is 11.2 Å². The van der Waals surface area contributed by atoms with Gasteiger partial charge in [-0.15, -0.1) is 0 Å². The van der Waals surface area contributed by atoms with Crippen molar-refractivity contribution in [1.29, 1.82) is 0 Å². The Morgan fingerprint density at radius 1 is 0.815 bits per heavy atom. The molecule has 0 aliphatic heterocycles. The number of hydrogen-bond donors (Lipinski definition) is 0. The lowest BCUT2D eigenvalue weighted by molar-refractivity contribution is 0.903. The first-order valence-corrected chi connectivity index (χ1v) is 9.27. The van der Waals surface area contributed by atoms with E-state index in [2.05, 4.69) is 55.5 Å². The summed E-state index contributed by atoms with van der Waals surface area (Å²) in [5.74, 6) is 0. The summed E-state index contributed by atoms with van der Waals surface area (Å²) < 4.78 is 1.95. The van der Waals surface area contributed by atoms with Gasteiger partial charge in [0.1, 0.15) is 5.69 Å². The molecule has 0 atom stereocenters. The molecule has 2 aromatic heterocycles. The first kappa shape index (κ1) is 15.8. The first-order valence-electron chi connectivity index (χ1n) is 9.27. The Kier molecular flexibility index (Phi) is 3.72. The highest BCUT2D eigenvalue weighted by atomic mass is 15.3. The van der Waals surface area contributed by atoms with E-state index in [1.54, 1.807) is 0 Å². The zero-order valence-corrected chi connectivity index (χ0v) is 15.1. The molecule has 3 nitrogen and oxygen atoms in total. The van der Waals surface area contributed by atoms with Crippen LogP contribution >= 0.6 is 0 Å². The van der Waals surface area contributed by atoms with E-state index in [0.717, 1.165) is 45.3 Å². The number of hydrogen-bond acceptors (Lipinski definition) is 2. The Bertz CT molecular complexity index is 1240. The Labute approximate surface area is 157 Å². The molecule has 0 radical (unpaired) electrons. The summed E-state index contributed by atoms with van der Waals surface area (Å²) in [5, 5.41) is 7.18. The fraction of sp³-hybridized carbons (Fsp3) is 0.0833. The SMILES string of the molecule is CCc1ccc2nc3c(cc2c1)c(-c1ccccc1)nn3-c1ccccc1. The quantitative estimate of drug-likeness (QED) is 0.412. The second-order valence-electron chi connectivity index (χ2n) is 6.70. The molecule has 130 valence electrons. The van der Waals surface area contributed by atoms with Crippen LogP contribution in [0.15, 0.2) is 84.9 Å². The standard InChI is InChI=1S/C24H19N3/c1-2-17-13-14-22-19(15-17)16-21-23(18-9-5-3-6-10-18)26-27(24(21)25-22)20-11-7-4-8-12-20/h3-16H,2H2,1H3. The van der Waals surface area contributed by atoms with E-state index in [1.807, 2.05) is 41.1 Å². The van der Waals surface area contributed by atoms with Gasteiger partial charge < -0.3 is 0 Å². The van der Waals surface area contributed by atoms with Crippen LogP contribution in [-0.2, 0) is 6.42 Å². The third-order valence-electron chi connectivity index (χ3n) is 4.97. The number of fused-ring (bicyclic) bond motifs is 2. The molecular weight excluding hydrogens is 330 g/mol. The molecule has 2 heterocycles. The third kappa shape index (κ3) is 2.68. The fourth-order valence-electron chi connectivity index (χ4n) is 3.53. The van der Waals surface area contributed by atoms with Gasteiger partial charge in [0, 0.05) is 16.3 Å². The number of para-hydroxylation sites is 1. The van der Waals surface area contributed by atoms with Crippen molar-refractivity contribution in [3.63, 3.8) is 0 Å². The molecule has 0 saturated carbocycles. The molecular formula is C24H19N3. The highest BCUT2D eigenvalue weighted by Gasteiger charge is 2.16. The topological polar surface area (TPSA) is 30.7 Å². The molecule has 0 aliphatic rings. The Morgan fingerprint density at radius 3 is 2.30 bits per heavy atom. The molecule has 3 aromatic carbocycles. The monoisotopic (exact) mass is 349 g/mol. The largest absolute Gasteiger partial charge is 0.228 e. The van der Waals surface area contributed by atoms with Crippen molar-refractivity contribution in [3.05, 3.63) is 90.5 Å². The van der Waals surface area contributed by atoms with Gasteiger partial charge in [0.2, 0.25) is 0 Å². The molecule has 27 heavy (non-hydrogen) atoms. The van der Waals surface area contributed by atoms with Crippen LogP contribution in [0.2, 0.25) is 0 Å². The van der Waals surface area contributed by atoms with Crippen molar-refractivity contribution in [2.45, 2.75) is 13.3 Å². The summed E-state index contributed by atoms with van der Waals surface area (Å²) >= 11 is 0. The maximum absolute atomic E-state index is 4.98. The van der Waals surface area contributed by atoms with Crippen LogP contribution in [0.3, 0.4) is 0 Å². The maximum Gasteiger partial charge on any atom is 0.164 e. The van der Waals surface area contributed by atoms with E-state index in [4.69, 9.17) is 10.1 Å². The van der Waals surface area contributed by atoms with Crippen LogP contribution in [0.5, 0.6) is 0 Å². The summed E-state index contributed by atoms with van der Waals surface area (Å²) in [5.41, 5.74) is 6.28. The van der Waals surface area contributed by atoms with Gasteiger partial charge in [0.25, 0.3) is 0 Å². The van der Waals surface area contributed by atoms with E-state index in [9.17, 15) is 0 Å². The first-order chi connectivity index (χ1) is 13.3. The molecule has 0 N–H and O–H groups in total. The zero-order chi connectivity index (χ0) is 18.2. The number of pyridine rings is 1. The van der Waals surface area contributed by atoms with E-state index in [-0.39, 0.29) is 0 Å². The molecule has 0 fully saturated rings. The van der Waals surface area contributed by atoms with Gasteiger partial charge in [-0.1, -0.05) is 61.5 Å². The fourth-order valence-corrected chi connectivity index (χ4v) is 3.53. The average molecular weight is 349 g/mol. The van der Waals surface area contributed by atoms with Crippen LogP contribution in [0.1, 0.15) is 12.5 Å². The van der Waals surface area contributed by atoms with Crippen molar-refractivity contribution in [2.75, 3.05) is 0 Å². The minimum absolute atomic E-state index is 0.886. The van der Waals surface area contributed by atoms with E-state index < -0.39 is 0 Å². The van der Waals surface area contributed by atoms with E-state index in [0.29, 0.717) is 0 Å². The van der Waals surface area contributed by atoms with Gasteiger partial charge in [-0.2, -0.15) is 5.10 Å². The lowest BCUT2D eigenvalue weighted by Gasteiger charge is -2.04. The highest BCUT2D eigenvalue weighted by molar-refractivity contribution is 5.99. The Morgan fingerprint density at radius 2 is 1.56 bits per heavy atom. The van der Waals surface area contributed by atoms with Crippen molar-refractivity contribution >= 4 is 21.9 Å². The Hall–Kier alpha value is -3.46. The van der Waals surface area contributed by atoms with Gasteiger partial charge in [-0.25, -0.2) is 9.67 Å². The normalized spacial score (nSPS) is 11.3. The minimum atomic E-state index is 0.886. The molecule has 0 spiro atoms. The number of rotatable bonds is 3. The minimum Gasteiger partial charge on any atom is -0.228 e. The molecule has 0 unspecified atom stereocenters. The average Bonchev–Trinajstić information content (AvgIpc) is 3.11. The van der Waals surface area contributed by atoms with Crippen molar-refractivity contribution in [3.8, 4) is 16.9 Å². The number of benzene rings is 3. The predicted octanol–water partition coefficient (Wildman–Crippen LogP) is 5.80. The molecule has 3 heteroatoms. The van der Waals surface area contributed by atoms with Crippen molar-refractivity contribution in [2.24, 2.45) is 0 Å². The van der Waals surface area contributed by atoms with Crippen molar-refractivity contribution < 1.29 is 0 Å². The maximum atomic E-state index is 4.98. The van der Waals surface area contributed by atoms with Crippen LogP contribution in [-0.4, -0.2) is 14.8 Å². The van der Waals surface area contributed by atoms with E-state index in [1.165, 1.54) is 5.56 Å². The molecule has 0 amide bonds. The third-order valence-corrected chi connectivity index (χ3v) is 4.97. The van der Waals surface area contributed by atoms with Crippen LogP contribution in [0.25, 0.3) is 38.9 Å².